The number of carboxylic acids is 1. The van der Waals surface area contributed by atoms with Crippen LogP contribution in [0.25, 0.3) is 0 Å². The molecule has 8 N–H and O–H groups in total. The Morgan fingerprint density at radius 2 is 1.72 bits per heavy atom. The molecule has 8 heteroatoms. The highest BCUT2D eigenvalue weighted by atomic mass is 16.4. The van der Waals surface area contributed by atoms with Gasteiger partial charge in [0, 0.05) is 18.4 Å². The number of carbonyl (C=O) groups is 1. The van der Waals surface area contributed by atoms with Crippen molar-refractivity contribution in [2.24, 2.45) is 23.5 Å². The lowest BCUT2D eigenvalue weighted by Crippen LogP contribution is -2.37. The lowest BCUT2D eigenvalue weighted by Gasteiger charge is -2.32. The fourth-order valence-electron chi connectivity index (χ4n) is 7.26. The van der Waals surface area contributed by atoms with Crippen LogP contribution in [0.4, 0.5) is 0 Å². The summed E-state index contributed by atoms with van der Waals surface area (Å²) in [6.07, 6.45) is 20.2. The van der Waals surface area contributed by atoms with Crippen molar-refractivity contribution in [2.45, 2.75) is 140 Å². The predicted octanol–water partition coefficient (Wildman–Crippen LogP) is 5.94. The van der Waals surface area contributed by atoms with Crippen LogP contribution in [-0.4, -0.2) is 55.7 Å². The van der Waals surface area contributed by atoms with Gasteiger partial charge in [0.05, 0.1) is 29.5 Å². The minimum absolute atomic E-state index is 0.0296. The van der Waals surface area contributed by atoms with E-state index in [1.165, 1.54) is 31.3 Å². The maximum absolute atomic E-state index is 12.1. The Bertz CT molecular complexity index is 994. The summed E-state index contributed by atoms with van der Waals surface area (Å²) in [5.41, 5.74) is 7.28. The van der Waals surface area contributed by atoms with E-state index in [0.29, 0.717) is 37.5 Å². The van der Waals surface area contributed by atoms with Crippen LogP contribution in [-0.2, 0) is 11.2 Å². The number of rotatable bonds is 22. The van der Waals surface area contributed by atoms with Gasteiger partial charge in [-0.25, -0.2) is 0 Å². The van der Waals surface area contributed by atoms with E-state index in [4.69, 9.17) is 5.73 Å². The number of carboxylic acid groups (broad SMARTS) is 1. The Morgan fingerprint density at radius 3 is 2.35 bits per heavy atom. The van der Waals surface area contributed by atoms with Crippen LogP contribution in [0, 0.1) is 17.8 Å². The van der Waals surface area contributed by atoms with E-state index in [9.17, 15) is 25.2 Å². The van der Waals surface area contributed by atoms with E-state index in [1.807, 2.05) is 24.4 Å². The Kier molecular flexibility index (Phi) is 15.1. The first-order valence-corrected chi connectivity index (χ1v) is 17.0. The quantitative estimate of drug-likeness (QED) is 0.0813. The highest BCUT2D eigenvalue weighted by Crippen LogP contribution is 2.47. The number of aromatic nitrogens is 1. The summed E-state index contributed by atoms with van der Waals surface area (Å²) in [5, 5.41) is 46.1. The second kappa shape index (κ2) is 18.5. The van der Waals surface area contributed by atoms with E-state index in [-0.39, 0.29) is 18.4 Å². The van der Waals surface area contributed by atoms with Crippen molar-refractivity contribution in [2.75, 3.05) is 6.54 Å². The largest absolute Gasteiger partial charge is 0.481 e. The number of nitrogens with one attached hydrogen (secondary N) is 2. The molecule has 3 rings (SSSR count). The van der Waals surface area contributed by atoms with Crippen molar-refractivity contribution < 1.29 is 25.2 Å². The zero-order valence-corrected chi connectivity index (χ0v) is 26.5. The van der Waals surface area contributed by atoms with E-state index in [1.54, 1.807) is 0 Å². The molecular formula is C35H59N3O5. The first kappa shape index (κ1) is 35.2. The van der Waals surface area contributed by atoms with Crippen molar-refractivity contribution in [3.8, 4) is 0 Å². The summed E-state index contributed by atoms with van der Waals surface area (Å²) < 4.78 is 0. The molecule has 2 aliphatic rings. The van der Waals surface area contributed by atoms with Crippen LogP contribution in [0.1, 0.15) is 122 Å². The van der Waals surface area contributed by atoms with Gasteiger partial charge in [0.1, 0.15) is 0 Å². The van der Waals surface area contributed by atoms with Gasteiger partial charge in [0.2, 0.25) is 0 Å². The Balaban J connectivity index is 1.44. The van der Waals surface area contributed by atoms with Crippen LogP contribution in [0.2, 0.25) is 0 Å². The number of H-pyrrole nitrogens is 1. The molecule has 0 saturated heterocycles. The zero-order valence-electron chi connectivity index (χ0n) is 26.5. The molecule has 1 aliphatic heterocycles. The molecule has 2 heterocycles. The molecule has 0 bridgehead atoms. The molecule has 1 aromatic rings. The van der Waals surface area contributed by atoms with Gasteiger partial charge in [-0.15, -0.1) is 0 Å². The molecule has 1 aromatic heterocycles. The van der Waals surface area contributed by atoms with Gasteiger partial charge in [-0.1, -0.05) is 70.8 Å². The summed E-state index contributed by atoms with van der Waals surface area (Å²) in [5.74, 6) is -0.800. The number of dihydropyridines is 1. The first-order chi connectivity index (χ1) is 20.7. The Hall–Kier alpha value is -2.29. The monoisotopic (exact) mass is 601 g/mol. The number of aliphatic hydroxyl groups is 3. The molecule has 0 amide bonds. The molecule has 43 heavy (non-hydrogen) atoms. The number of hydrogen-bond acceptors (Lipinski definition) is 6. The molecule has 1 fully saturated rings. The molecule has 244 valence electrons. The number of unbranched alkanes of at least 4 members (excludes halogenated alkanes) is 7. The third kappa shape index (κ3) is 12.3. The van der Waals surface area contributed by atoms with Gasteiger partial charge in [-0.3, -0.25) is 4.79 Å². The third-order valence-corrected chi connectivity index (χ3v) is 9.78. The number of allylic oxidation sites excluding steroid dienone is 2. The van der Waals surface area contributed by atoms with Crippen molar-refractivity contribution in [1.29, 1.82) is 0 Å². The lowest BCUT2D eigenvalue weighted by molar-refractivity contribution is -0.146. The van der Waals surface area contributed by atoms with Crippen LogP contribution < -0.4 is 11.1 Å². The average Bonchev–Trinajstić information content (AvgIpc) is 3.58. The standard InChI is InChI=1S/C35H59N3O5/c1-2-3-4-5-8-13-30(39)14-9-6-7-10-15-31(34(41)42)32(40)16-18-35(43)25-27(21-26-17-20-38-33(36)23-26)22-28(35)24-29-12-11-19-37-29/h11-12,17,19,23,27-28,30-32,37-40,43H,2-10,13-16,18,20-22,24-25,36H2,1H3,(H,41,42)/t27-,28-,30-,31-,32+,35+/m0/s1. The summed E-state index contributed by atoms with van der Waals surface area (Å²) in [4.78, 5) is 15.3. The average molecular weight is 602 g/mol. The molecule has 0 unspecified atom stereocenters. The van der Waals surface area contributed by atoms with Crippen molar-refractivity contribution in [3.05, 3.63) is 47.6 Å². The topological polar surface area (TPSA) is 152 Å². The van der Waals surface area contributed by atoms with Gasteiger partial charge in [-0.05, 0) is 93.4 Å². The SMILES string of the molecule is CCCCCCC[C@H](O)CCCCCC[C@H](C(=O)O)[C@H](O)CC[C@@]1(O)C[C@@H](CC2=CCNC(N)=C2)C[C@H]1Cc1ccc[nH]1. The summed E-state index contributed by atoms with van der Waals surface area (Å²) in [6.45, 7) is 2.92. The second-order valence-corrected chi connectivity index (χ2v) is 13.4. The molecular weight excluding hydrogens is 542 g/mol. The van der Waals surface area contributed by atoms with E-state index < -0.39 is 23.6 Å². The fourth-order valence-corrected chi connectivity index (χ4v) is 7.26. The molecule has 0 spiro atoms. The molecule has 0 radical (unpaired) electrons. The number of aliphatic hydroxyl groups excluding tert-OH is 2. The number of nitrogens with two attached hydrogens (primary N) is 1. The molecule has 6 atom stereocenters. The smallest absolute Gasteiger partial charge is 0.309 e. The normalized spacial score (nSPS) is 24.2. The minimum Gasteiger partial charge on any atom is -0.481 e. The fraction of sp³-hybridized carbons (Fsp3) is 0.743. The summed E-state index contributed by atoms with van der Waals surface area (Å²) >= 11 is 0. The van der Waals surface area contributed by atoms with E-state index >= 15 is 0 Å². The number of aromatic amines is 1. The highest BCUT2D eigenvalue weighted by Gasteiger charge is 2.46. The van der Waals surface area contributed by atoms with Gasteiger partial charge < -0.3 is 36.5 Å². The minimum atomic E-state index is -0.990. The van der Waals surface area contributed by atoms with Crippen LogP contribution in [0.15, 0.2) is 41.9 Å². The third-order valence-electron chi connectivity index (χ3n) is 9.78. The van der Waals surface area contributed by atoms with Crippen molar-refractivity contribution in [3.63, 3.8) is 0 Å². The maximum Gasteiger partial charge on any atom is 0.309 e. The Labute approximate surface area is 259 Å². The number of hydrogen-bond donors (Lipinski definition) is 7. The molecule has 1 saturated carbocycles. The summed E-state index contributed by atoms with van der Waals surface area (Å²) in [6, 6.07) is 4.00. The Morgan fingerprint density at radius 1 is 1.02 bits per heavy atom. The maximum atomic E-state index is 12.1. The van der Waals surface area contributed by atoms with Gasteiger partial charge in [-0.2, -0.15) is 0 Å². The van der Waals surface area contributed by atoms with Crippen molar-refractivity contribution in [1.82, 2.24) is 10.3 Å². The highest BCUT2D eigenvalue weighted by molar-refractivity contribution is 5.70. The lowest BCUT2D eigenvalue weighted by atomic mass is 9.81. The molecule has 0 aromatic carbocycles. The second-order valence-electron chi connectivity index (χ2n) is 13.4. The predicted molar refractivity (Wildman–Crippen MR) is 172 cm³/mol. The van der Waals surface area contributed by atoms with Crippen LogP contribution in [0.5, 0.6) is 0 Å². The summed E-state index contributed by atoms with van der Waals surface area (Å²) in [7, 11) is 0. The van der Waals surface area contributed by atoms with Gasteiger partial charge >= 0.3 is 5.97 Å². The van der Waals surface area contributed by atoms with Crippen LogP contribution in [0.3, 0.4) is 0 Å². The van der Waals surface area contributed by atoms with Gasteiger partial charge in [0.25, 0.3) is 0 Å². The molecule has 1 aliphatic carbocycles. The number of aliphatic carboxylic acids is 1. The van der Waals surface area contributed by atoms with E-state index in [2.05, 4.69) is 23.3 Å². The zero-order chi connectivity index (χ0) is 31.1. The van der Waals surface area contributed by atoms with Gasteiger partial charge in [0.15, 0.2) is 0 Å². The first-order valence-electron chi connectivity index (χ1n) is 17.0. The van der Waals surface area contributed by atoms with Crippen molar-refractivity contribution >= 4 is 5.97 Å². The van der Waals surface area contributed by atoms with Crippen LogP contribution >= 0.6 is 0 Å². The molecule has 8 nitrogen and oxygen atoms in total. The van der Waals surface area contributed by atoms with E-state index in [0.717, 1.165) is 69.9 Å².